The molecule has 0 atom stereocenters. The Kier molecular flexibility index (Phi) is 75.3. The maximum absolute atomic E-state index is 9.20. The Labute approximate surface area is 408 Å². The van der Waals surface area contributed by atoms with Gasteiger partial charge < -0.3 is 0 Å². The average molecular weight is 1020 g/mol. The van der Waals surface area contributed by atoms with Gasteiger partial charge in [0.2, 0.25) is 0 Å². The summed E-state index contributed by atoms with van der Waals surface area (Å²) in [6.45, 7) is 20.9. The van der Waals surface area contributed by atoms with E-state index in [-0.39, 0.29) is 0 Å². The zero-order valence-electron chi connectivity index (χ0n) is 43.8. The van der Waals surface area contributed by atoms with E-state index >= 15 is 0 Å². The van der Waals surface area contributed by atoms with Crippen molar-refractivity contribution < 1.29 is 23.1 Å². The van der Waals surface area contributed by atoms with Gasteiger partial charge in [-0.05, 0) is 113 Å². The van der Waals surface area contributed by atoms with Crippen LogP contribution in [-0.4, -0.2) is 59.3 Å². The van der Waals surface area contributed by atoms with Gasteiger partial charge in [-0.2, -0.15) is 0 Å². The van der Waals surface area contributed by atoms with Crippen LogP contribution in [-0.2, 0) is 18.3 Å². The summed E-state index contributed by atoms with van der Waals surface area (Å²) in [5, 5.41) is 0. The van der Waals surface area contributed by atoms with Gasteiger partial charge in [0.25, 0.3) is 0 Å². The summed E-state index contributed by atoms with van der Waals surface area (Å²) in [6.07, 6.45) is 66.7. The SMILES string of the molecule is CCCCCCP(CCCCCC)CCCCCC.CCCCCCP(CCCCCC)CCCCCC.CCCCCCP(CCCCCC)CCCCCC.O=[C](Cl)[RuH]. The zero-order valence-corrected chi connectivity index (χ0v) is 49.1. The number of hydrogen-bond acceptors (Lipinski definition) is 1. The van der Waals surface area contributed by atoms with Crippen LogP contribution in [0.1, 0.15) is 293 Å². The molecule has 0 saturated heterocycles. The minimum atomic E-state index is -0.391. The Morgan fingerprint density at radius 2 is 0.361 bits per heavy atom. The van der Waals surface area contributed by atoms with Crippen molar-refractivity contribution in [3.63, 3.8) is 0 Å². The molecule has 0 aliphatic heterocycles. The number of hydrogen-bond donors (Lipinski definition) is 0. The fraction of sp³-hybridized carbons (Fsp3) is 0.982. The predicted octanol–water partition coefficient (Wildman–Crippen LogP) is 22.3. The molecule has 0 amide bonds. The molecule has 0 rings (SSSR count). The second-order valence-corrected chi connectivity index (χ2v) is 28.1. The van der Waals surface area contributed by atoms with Crippen molar-refractivity contribution >= 4 is 39.2 Å². The van der Waals surface area contributed by atoms with E-state index in [4.69, 9.17) is 0 Å². The first-order chi connectivity index (χ1) is 29.8. The van der Waals surface area contributed by atoms with E-state index in [0.29, 0.717) is 23.8 Å². The molecular formula is C55H118ClOP3Ru. The zero-order chi connectivity index (χ0) is 46.1. The van der Waals surface area contributed by atoms with Crippen molar-refractivity contribution in [2.24, 2.45) is 0 Å². The molecule has 0 aliphatic rings. The van der Waals surface area contributed by atoms with Crippen LogP contribution in [0.15, 0.2) is 0 Å². The Balaban J connectivity index is -0.000000381. The van der Waals surface area contributed by atoms with E-state index in [2.05, 4.69) is 73.9 Å². The van der Waals surface area contributed by atoms with Crippen LogP contribution in [0.4, 0.5) is 4.79 Å². The monoisotopic (exact) mass is 1020 g/mol. The quantitative estimate of drug-likeness (QED) is 0.0257. The summed E-state index contributed by atoms with van der Waals surface area (Å²) in [5.74, 6) is 0. The number of rotatable bonds is 45. The standard InChI is InChI=1S/3C18H39P.CClO.Ru.H/c3*1-4-7-10-13-16-19(17-14-11-8-5-2)18-15-12-9-6-3;2-1-3;;/h3*4-18H2,1-3H3;;;. The Morgan fingerprint density at radius 1 is 0.262 bits per heavy atom. The van der Waals surface area contributed by atoms with Crippen molar-refractivity contribution in [2.75, 3.05) is 55.5 Å². The van der Waals surface area contributed by atoms with Crippen LogP contribution in [0.25, 0.3) is 0 Å². The van der Waals surface area contributed by atoms with E-state index in [9.17, 15) is 4.79 Å². The van der Waals surface area contributed by atoms with Gasteiger partial charge in [0.15, 0.2) is 0 Å². The molecule has 374 valence electrons. The van der Waals surface area contributed by atoms with Gasteiger partial charge in [-0.3, -0.25) is 0 Å². The molecule has 0 N–H and O–H groups in total. The second-order valence-electron chi connectivity index (χ2n) is 18.3. The topological polar surface area (TPSA) is 17.1 Å². The van der Waals surface area contributed by atoms with Crippen LogP contribution in [0.2, 0.25) is 0 Å². The molecule has 6 heteroatoms. The molecule has 0 aromatic carbocycles. The molecule has 0 heterocycles. The van der Waals surface area contributed by atoms with Crippen molar-refractivity contribution in [2.45, 2.75) is 293 Å². The molecule has 61 heavy (non-hydrogen) atoms. The van der Waals surface area contributed by atoms with Crippen LogP contribution in [0.3, 0.4) is 0 Å². The van der Waals surface area contributed by atoms with Gasteiger partial charge in [0.1, 0.15) is 0 Å². The average Bonchev–Trinajstić information content (AvgIpc) is 3.25. The van der Waals surface area contributed by atoms with Crippen molar-refractivity contribution in [3.05, 3.63) is 0 Å². The Bertz CT molecular complexity index is 569. The number of unbranched alkanes of at least 4 members (excludes halogenated alkanes) is 27. The van der Waals surface area contributed by atoms with E-state index in [1.54, 1.807) is 55.5 Å². The number of carbonyl (C=O) groups is 1. The molecule has 0 fully saturated rings. The van der Waals surface area contributed by atoms with Gasteiger partial charge >= 0.3 is 38.5 Å². The fourth-order valence-corrected chi connectivity index (χ4v) is 15.9. The molecular weight excluding hydrogens is 906 g/mol. The second kappa shape index (κ2) is 66.1. The van der Waals surface area contributed by atoms with E-state index in [1.807, 2.05) is 0 Å². The molecule has 0 spiro atoms. The summed E-state index contributed by atoms with van der Waals surface area (Å²) in [6, 6.07) is 0. The van der Waals surface area contributed by atoms with Crippen LogP contribution in [0, 0.1) is 0 Å². The molecule has 0 radical (unpaired) electrons. The number of carbonyl (C=O) groups excluding carboxylic acids is 1. The normalized spacial score (nSPS) is 11.1. The molecule has 0 aromatic heterocycles. The predicted molar refractivity (Wildman–Crippen MR) is 294 cm³/mol. The first-order valence-electron chi connectivity index (χ1n) is 27.8. The Hall–Kier alpha value is 1.87. The summed E-state index contributed by atoms with van der Waals surface area (Å²) >= 11 is 6.09. The van der Waals surface area contributed by atoms with E-state index in [1.165, 1.54) is 249 Å². The van der Waals surface area contributed by atoms with Gasteiger partial charge in [0, 0.05) is 0 Å². The van der Waals surface area contributed by atoms with E-state index in [0.717, 1.165) is 0 Å². The van der Waals surface area contributed by atoms with Gasteiger partial charge in [-0.15, -0.1) is 23.8 Å². The summed E-state index contributed by atoms with van der Waals surface area (Å²) in [7, 11) is 1.17. The molecule has 0 saturated carbocycles. The summed E-state index contributed by atoms with van der Waals surface area (Å²) < 4.78 is -0.391. The number of halogens is 1. The van der Waals surface area contributed by atoms with Crippen LogP contribution in [0.5, 0.6) is 0 Å². The van der Waals surface area contributed by atoms with Crippen LogP contribution < -0.4 is 0 Å². The van der Waals surface area contributed by atoms with Gasteiger partial charge in [-0.25, -0.2) is 0 Å². The Morgan fingerprint density at radius 3 is 0.443 bits per heavy atom. The first-order valence-corrected chi connectivity index (χ1v) is 34.8. The van der Waals surface area contributed by atoms with Crippen LogP contribution >= 0.6 is 35.4 Å². The third kappa shape index (κ3) is 71.0. The maximum atomic E-state index is 9.20. The molecule has 0 bridgehead atoms. The minimum absolute atomic E-state index is 0.389. The third-order valence-corrected chi connectivity index (χ3v) is 20.5. The van der Waals surface area contributed by atoms with Crippen molar-refractivity contribution in [1.29, 1.82) is 0 Å². The van der Waals surface area contributed by atoms with Crippen molar-refractivity contribution in [3.8, 4) is 0 Å². The summed E-state index contributed by atoms with van der Waals surface area (Å²) in [5.41, 5.74) is 0. The molecule has 1 nitrogen and oxygen atoms in total. The van der Waals surface area contributed by atoms with Gasteiger partial charge in [0.05, 0.1) is 0 Å². The van der Waals surface area contributed by atoms with Crippen molar-refractivity contribution in [1.82, 2.24) is 0 Å². The fourth-order valence-electron chi connectivity index (χ4n) is 7.87. The molecule has 0 unspecified atom stereocenters. The summed E-state index contributed by atoms with van der Waals surface area (Å²) in [4.78, 5) is 9.20. The van der Waals surface area contributed by atoms with Gasteiger partial charge in [-0.1, -0.05) is 236 Å². The third-order valence-electron chi connectivity index (χ3n) is 12.0. The molecule has 0 aliphatic carbocycles. The first kappa shape index (κ1) is 69.4. The molecule has 0 aromatic rings. The van der Waals surface area contributed by atoms with E-state index < -0.39 is 3.84 Å².